The Kier molecular flexibility index (Phi) is 9.48. The van der Waals surface area contributed by atoms with Crippen molar-refractivity contribution in [1.82, 2.24) is 0 Å². The molecule has 0 fully saturated rings. The number of hydrogen-bond acceptors (Lipinski definition) is 6. The zero-order chi connectivity index (χ0) is 14.3. The second-order valence-electron chi connectivity index (χ2n) is 5.51. The van der Waals surface area contributed by atoms with Gasteiger partial charge >= 0.3 is 28.9 Å². The molecule has 0 aliphatic carbocycles. The Balaban J connectivity index is 0. The van der Waals surface area contributed by atoms with E-state index in [9.17, 15) is 0 Å². The molecule has 3 N–H and O–H groups in total. The molecule has 0 heterocycles. The molecule has 0 aromatic heterocycles. The minimum absolute atomic E-state index is 1.04. The fourth-order valence-corrected chi connectivity index (χ4v) is 3.52. The van der Waals surface area contributed by atoms with Gasteiger partial charge in [0.15, 0.2) is 0 Å². The number of halogens is 1. The molecule has 0 atom stereocenters. The SMILES string of the molecule is C[N+](C)(C)CSSC[N+](C)(C)C.[O-][Cl+](O)(O)O. The number of hydrogen-bond donors (Lipinski definition) is 3. The van der Waals surface area contributed by atoms with Crippen LogP contribution in [0, 0.1) is 10.2 Å². The first kappa shape index (κ1) is 20.1. The van der Waals surface area contributed by atoms with Gasteiger partial charge in [0.2, 0.25) is 0 Å². The summed E-state index contributed by atoms with van der Waals surface area (Å²) in [5.41, 5.74) is 0. The van der Waals surface area contributed by atoms with Gasteiger partial charge in [-0.15, -0.1) is 0 Å². The van der Waals surface area contributed by atoms with Crippen LogP contribution in [0.5, 0.6) is 0 Å². The monoisotopic (exact) mass is 312 g/mol. The van der Waals surface area contributed by atoms with E-state index in [1.807, 2.05) is 21.6 Å². The summed E-state index contributed by atoms with van der Waals surface area (Å²) in [6.07, 6.45) is 0. The molecule has 0 unspecified atom stereocenters. The molecule has 0 amide bonds. The number of nitrogens with zero attached hydrogens (tertiary/aromatic N) is 2. The summed E-state index contributed by atoms with van der Waals surface area (Å²) < 4.78 is 32.3. The first-order chi connectivity index (χ1) is 7.21. The third kappa shape index (κ3) is 38.3. The topological polar surface area (TPSA) is 83.8 Å². The average Bonchev–Trinajstić information content (AvgIpc) is 1.91. The van der Waals surface area contributed by atoms with E-state index in [2.05, 4.69) is 42.3 Å². The van der Waals surface area contributed by atoms with Crippen molar-refractivity contribution in [3.63, 3.8) is 0 Å². The molecular formula is C8H25ClN2O4S2+2. The summed E-state index contributed by atoms with van der Waals surface area (Å²) in [6.45, 7) is 0. The molecule has 17 heavy (non-hydrogen) atoms. The molecule has 0 aromatic rings. The molecule has 0 bridgehead atoms. The molecular weight excluding hydrogens is 288 g/mol. The maximum atomic E-state index is 8.83. The number of quaternary nitrogens is 2. The van der Waals surface area contributed by atoms with E-state index in [0.29, 0.717) is 0 Å². The van der Waals surface area contributed by atoms with Crippen LogP contribution in [0.1, 0.15) is 0 Å². The zero-order valence-electron chi connectivity index (χ0n) is 11.3. The van der Waals surface area contributed by atoms with Gasteiger partial charge in [0.05, 0.1) is 42.3 Å². The van der Waals surface area contributed by atoms with Crippen molar-refractivity contribution in [2.45, 2.75) is 0 Å². The van der Waals surface area contributed by atoms with E-state index in [4.69, 9.17) is 18.6 Å². The zero-order valence-corrected chi connectivity index (χ0v) is 13.6. The Morgan fingerprint density at radius 2 is 1.00 bits per heavy atom. The molecule has 6 nitrogen and oxygen atoms in total. The van der Waals surface area contributed by atoms with Crippen LogP contribution in [-0.2, 0) is 0 Å². The van der Waals surface area contributed by atoms with Gasteiger partial charge in [-0.05, 0) is 21.6 Å². The molecule has 108 valence electrons. The van der Waals surface area contributed by atoms with Gasteiger partial charge in [-0.3, -0.25) is 0 Å². The second-order valence-corrected chi connectivity index (χ2v) is 8.78. The van der Waals surface area contributed by atoms with Gasteiger partial charge in [0, 0.05) is 0 Å². The van der Waals surface area contributed by atoms with Crippen LogP contribution < -0.4 is 4.66 Å². The molecule has 0 aliphatic heterocycles. The van der Waals surface area contributed by atoms with Crippen molar-refractivity contribution in [1.29, 1.82) is 0 Å². The Labute approximate surface area is 114 Å². The van der Waals surface area contributed by atoms with Crippen molar-refractivity contribution >= 4 is 21.6 Å². The minimum atomic E-state index is -4.19. The number of rotatable bonds is 5. The predicted octanol–water partition coefficient (Wildman–Crippen LogP) is -1.16. The summed E-state index contributed by atoms with van der Waals surface area (Å²) in [7, 11) is 13.1. The second kappa shape index (κ2) is 8.03. The third-order valence-electron chi connectivity index (χ3n) is 0.963. The van der Waals surface area contributed by atoms with Crippen LogP contribution in [0.25, 0.3) is 0 Å². The maximum absolute atomic E-state index is 8.83. The van der Waals surface area contributed by atoms with Gasteiger partial charge < -0.3 is 8.97 Å². The van der Waals surface area contributed by atoms with E-state index in [1.165, 1.54) is 11.8 Å². The van der Waals surface area contributed by atoms with Crippen LogP contribution >= 0.6 is 21.6 Å². The fraction of sp³-hybridized carbons (Fsp3) is 1.00. The predicted molar refractivity (Wildman–Crippen MR) is 67.6 cm³/mol. The van der Waals surface area contributed by atoms with Crippen LogP contribution in [0.15, 0.2) is 0 Å². The third-order valence-corrected chi connectivity index (χ3v) is 4.02. The fourth-order valence-electron chi connectivity index (χ4n) is 0.391. The molecule has 0 radical (unpaired) electrons. The van der Waals surface area contributed by atoms with Gasteiger partial charge in [-0.2, -0.15) is 0 Å². The first-order valence-corrected chi connectivity index (χ1v) is 8.53. The molecule has 0 aromatic carbocycles. The molecule has 0 saturated heterocycles. The Morgan fingerprint density at radius 3 is 1.12 bits per heavy atom. The summed E-state index contributed by atoms with van der Waals surface area (Å²) in [5.74, 6) is 2.34. The molecule has 9 heteroatoms. The molecule has 0 spiro atoms. The van der Waals surface area contributed by atoms with Crippen LogP contribution in [0.2, 0.25) is 0 Å². The standard InChI is InChI=1S/C8H22N2S2.ClH3O4/c1-9(2,3)7-11-12-8-10(4,5)6;2-1(3,4)5/h7-8H2,1-6H3;2-4H/q+2;. The van der Waals surface area contributed by atoms with Crippen LogP contribution in [0.3, 0.4) is 0 Å². The Hall–Kier alpha value is 0.750. The van der Waals surface area contributed by atoms with Gasteiger partial charge in [-0.1, -0.05) is 0 Å². The van der Waals surface area contributed by atoms with Gasteiger partial charge in [0.25, 0.3) is 0 Å². The van der Waals surface area contributed by atoms with E-state index < -0.39 is 10.2 Å². The summed E-state index contributed by atoms with van der Waals surface area (Å²) in [4.78, 5) is 0. The molecule has 0 saturated carbocycles. The van der Waals surface area contributed by atoms with Crippen molar-refractivity contribution in [3.05, 3.63) is 0 Å². The first-order valence-electron chi connectivity index (χ1n) is 4.72. The van der Waals surface area contributed by atoms with E-state index in [0.717, 1.165) is 8.97 Å². The summed E-state index contributed by atoms with van der Waals surface area (Å²) >= 11 is 0. The van der Waals surface area contributed by atoms with Crippen LogP contribution in [-0.4, -0.2) is 77.0 Å². The molecule has 0 rings (SSSR count). The van der Waals surface area contributed by atoms with E-state index in [-0.39, 0.29) is 0 Å². The summed E-state index contributed by atoms with van der Waals surface area (Å²) in [5, 5.41) is 0. The van der Waals surface area contributed by atoms with Crippen molar-refractivity contribution in [2.24, 2.45) is 0 Å². The average molecular weight is 313 g/mol. The van der Waals surface area contributed by atoms with Crippen LogP contribution in [0.4, 0.5) is 0 Å². The quantitative estimate of drug-likeness (QED) is 0.257. The normalized spacial score (nSPS) is 14.0. The van der Waals surface area contributed by atoms with Gasteiger partial charge in [-0.25, -0.2) is 0 Å². The van der Waals surface area contributed by atoms with E-state index >= 15 is 0 Å². The van der Waals surface area contributed by atoms with Crippen molar-refractivity contribution in [3.8, 4) is 0 Å². The van der Waals surface area contributed by atoms with Gasteiger partial charge in [0.1, 0.15) is 11.8 Å². The Morgan fingerprint density at radius 1 is 0.824 bits per heavy atom. The van der Waals surface area contributed by atoms with Crippen molar-refractivity contribution in [2.75, 3.05) is 54.0 Å². The molecule has 0 aliphatic rings. The Bertz CT molecular complexity index is 179. The van der Waals surface area contributed by atoms with Crippen molar-refractivity contribution < 1.29 is 37.8 Å². The van der Waals surface area contributed by atoms with E-state index in [1.54, 1.807) is 0 Å². The summed E-state index contributed by atoms with van der Waals surface area (Å²) in [6, 6.07) is 0.